The van der Waals surface area contributed by atoms with Gasteiger partial charge in [-0.2, -0.15) is 0 Å². The first-order valence-electron chi connectivity index (χ1n) is 11.5. The topological polar surface area (TPSA) is 89.7 Å². The smallest absolute Gasteiger partial charge is 0.225 e. The fourth-order valence-corrected chi connectivity index (χ4v) is 7.66. The average molecular weight is 465 g/mol. The maximum absolute atomic E-state index is 13.2. The number of benzene rings is 1. The van der Waals surface area contributed by atoms with E-state index in [4.69, 9.17) is 10.5 Å². The number of fused-ring (bicyclic) bond motifs is 3. The third kappa shape index (κ3) is 4.31. The van der Waals surface area contributed by atoms with Crippen molar-refractivity contribution in [3.05, 3.63) is 36.2 Å². The van der Waals surface area contributed by atoms with Crippen molar-refractivity contribution < 1.29 is 22.3 Å². The standard InChI is InChI=1S/C24H33FN2O4S/c1-18-6-13-27(22(18)28)24-10-7-23(8-11-24,9-12-24)17-32(29,30)21-4-2-20(3-5-21)31-16-19(14-25)15-26/h2-5,14,18H,6-13,15-17,26H2,1H3/b19-14+. The molecule has 2 bridgehead atoms. The van der Waals surface area contributed by atoms with Crippen molar-refractivity contribution in [2.24, 2.45) is 17.1 Å². The fourth-order valence-electron chi connectivity index (χ4n) is 5.70. The summed E-state index contributed by atoms with van der Waals surface area (Å²) in [5.41, 5.74) is 5.49. The van der Waals surface area contributed by atoms with Crippen LogP contribution in [-0.4, -0.2) is 50.2 Å². The number of nitrogens with two attached hydrogens (primary N) is 1. The fraction of sp³-hybridized carbons (Fsp3) is 0.625. The predicted molar refractivity (Wildman–Crippen MR) is 121 cm³/mol. The number of carbonyl (C=O) groups excluding carboxylic acids is 1. The van der Waals surface area contributed by atoms with Gasteiger partial charge in [-0.25, -0.2) is 12.8 Å². The Bertz CT molecular complexity index is 965. The van der Waals surface area contributed by atoms with Crippen molar-refractivity contribution in [2.45, 2.75) is 62.3 Å². The normalized spacial score (nSPS) is 30.7. The Kier molecular flexibility index (Phi) is 6.38. The molecule has 0 spiro atoms. The molecule has 1 unspecified atom stereocenters. The number of carbonyl (C=O) groups is 1. The maximum Gasteiger partial charge on any atom is 0.225 e. The summed E-state index contributed by atoms with van der Waals surface area (Å²) in [5.74, 6) is 0.998. The van der Waals surface area contributed by atoms with E-state index >= 15 is 0 Å². The van der Waals surface area contributed by atoms with Crippen LogP contribution in [0.3, 0.4) is 0 Å². The summed E-state index contributed by atoms with van der Waals surface area (Å²) in [4.78, 5) is 15.0. The van der Waals surface area contributed by atoms with Gasteiger partial charge in [-0.15, -0.1) is 0 Å². The van der Waals surface area contributed by atoms with Gasteiger partial charge in [-0.05, 0) is 74.6 Å². The zero-order valence-corrected chi connectivity index (χ0v) is 19.5. The Labute approximate surface area is 189 Å². The quantitative estimate of drug-likeness (QED) is 0.635. The summed E-state index contributed by atoms with van der Waals surface area (Å²) in [5, 5.41) is 0. The highest BCUT2D eigenvalue weighted by Crippen LogP contribution is 2.56. The van der Waals surface area contributed by atoms with Gasteiger partial charge in [0.25, 0.3) is 0 Å². The van der Waals surface area contributed by atoms with Crippen LogP contribution in [0.5, 0.6) is 5.75 Å². The number of rotatable bonds is 8. The molecule has 4 fully saturated rings. The number of halogens is 1. The number of sulfone groups is 1. The summed E-state index contributed by atoms with van der Waals surface area (Å²) >= 11 is 0. The van der Waals surface area contributed by atoms with Crippen LogP contribution in [0.15, 0.2) is 41.1 Å². The number of ether oxygens (including phenoxy) is 1. The minimum Gasteiger partial charge on any atom is -0.489 e. The monoisotopic (exact) mass is 464 g/mol. The van der Waals surface area contributed by atoms with Gasteiger partial charge in [0.1, 0.15) is 12.4 Å². The molecule has 2 N–H and O–H groups in total. The molecule has 1 atom stereocenters. The second-order valence-corrected chi connectivity index (χ2v) is 11.9. The molecule has 8 heteroatoms. The highest BCUT2D eigenvalue weighted by Gasteiger charge is 2.54. The molecule has 1 aromatic carbocycles. The van der Waals surface area contributed by atoms with Crippen LogP contribution in [0.25, 0.3) is 0 Å². The SMILES string of the molecule is CC1CCN(C23CCC(CS(=O)(=O)c4ccc(OC/C(=C/F)CN)cc4)(CC2)CC3)C1=O. The molecule has 1 amide bonds. The molecule has 1 aromatic rings. The minimum atomic E-state index is -3.45. The van der Waals surface area contributed by atoms with E-state index in [9.17, 15) is 17.6 Å². The molecule has 1 aliphatic heterocycles. The first-order chi connectivity index (χ1) is 15.2. The van der Waals surface area contributed by atoms with Gasteiger partial charge >= 0.3 is 0 Å². The van der Waals surface area contributed by atoms with Crippen LogP contribution >= 0.6 is 0 Å². The van der Waals surface area contributed by atoms with Gasteiger partial charge in [-0.3, -0.25) is 4.79 Å². The third-order valence-corrected chi connectivity index (χ3v) is 9.91. The van der Waals surface area contributed by atoms with Crippen molar-refractivity contribution in [1.82, 2.24) is 4.90 Å². The predicted octanol–water partition coefficient (Wildman–Crippen LogP) is 3.61. The van der Waals surface area contributed by atoms with Crippen LogP contribution in [0.4, 0.5) is 4.39 Å². The first kappa shape index (κ1) is 23.2. The van der Waals surface area contributed by atoms with E-state index in [0.29, 0.717) is 17.7 Å². The number of amides is 1. The highest BCUT2D eigenvalue weighted by atomic mass is 32.2. The van der Waals surface area contributed by atoms with E-state index in [2.05, 4.69) is 4.90 Å². The number of nitrogens with zero attached hydrogens (tertiary/aromatic N) is 1. The number of hydrogen-bond donors (Lipinski definition) is 1. The molecule has 4 aliphatic rings. The Morgan fingerprint density at radius 2 is 1.81 bits per heavy atom. The van der Waals surface area contributed by atoms with Crippen LogP contribution in [-0.2, 0) is 14.6 Å². The van der Waals surface area contributed by atoms with Gasteiger partial charge in [-0.1, -0.05) is 6.92 Å². The first-order valence-corrected chi connectivity index (χ1v) is 13.1. The van der Waals surface area contributed by atoms with E-state index in [1.165, 1.54) is 0 Å². The summed E-state index contributed by atoms with van der Waals surface area (Å²) in [6, 6.07) is 6.32. The Morgan fingerprint density at radius 1 is 1.19 bits per heavy atom. The minimum absolute atomic E-state index is 0.0300. The summed E-state index contributed by atoms with van der Waals surface area (Å²) in [7, 11) is -3.45. The number of hydrogen-bond acceptors (Lipinski definition) is 5. The highest BCUT2D eigenvalue weighted by molar-refractivity contribution is 7.91. The molecule has 5 rings (SSSR count). The van der Waals surface area contributed by atoms with Crippen LogP contribution in [0.2, 0.25) is 0 Å². The lowest BCUT2D eigenvalue weighted by molar-refractivity contribution is -0.142. The largest absolute Gasteiger partial charge is 0.489 e. The third-order valence-electron chi connectivity index (χ3n) is 7.93. The van der Waals surface area contributed by atoms with E-state index in [0.717, 1.165) is 51.5 Å². The molecule has 176 valence electrons. The molecule has 0 radical (unpaired) electrons. The Morgan fingerprint density at radius 3 is 2.31 bits per heavy atom. The van der Waals surface area contributed by atoms with Gasteiger partial charge in [0.05, 0.1) is 17.0 Å². The lowest BCUT2D eigenvalue weighted by Crippen LogP contribution is -2.58. The molecule has 32 heavy (non-hydrogen) atoms. The molecule has 3 saturated carbocycles. The average Bonchev–Trinajstić information content (AvgIpc) is 3.14. The Hall–Kier alpha value is -1.93. The zero-order valence-electron chi connectivity index (χ0n) is 18.7. The summed E-state index contributed by atoms with van der Waals surface area (Å²) in [6.45, 7) is 2.94. The second-order valence-electron chi connectivity index (χ2n) is 9.89. The van der Waals surface area contributed by atoms with Crippen LogP contribution in [0.1, 0.15) is 51.9 Å². The summed E-state index contributed by atoms with van der Waals surface area (Å²) < 4.78 is 44.5. The molecular formula is C24H33FN2O4S. The van der Waals surface area contributed by atoms with Gasteiger partial charge < -0.3 is 15.4 Å². The molecule has 6 nitrogen and oxygen atoms in total. The number of likely N-dealkylation sites (tertiary alicyclic amines) is 1. The lowest BCUT2D eigenvalue weighted by Gasteiger charge is -2.56. The van der Waals surface area contributed by atoms with Crippen LogP contribution < -0.4 is 10.5 Å². The van der Waals surface area contributed by atoms with Gasteiger partial charge in [0.15, 0.2) is 9.84 Å². The lowest BCUT2D eigenvalue weighted by atomic mass is 9.57. The summed E-state index contributed by atoms with van der Waals surface area (Å²) in [6.07, 6.45) is 6.62. The van der Waals surface area contributed by atoms with E-state index < -0.39 is 9.84 Å². The van der Waals surface area contributed by atoms with Gasteiger partial charge in [0, 0.05) is 30.1 Å². The molecule has 3 aliphatic carbocycles. The van der Waals surface area contributed by atoms with Crippen molar-refractivity contribution >= 4 is 15.7 Å². The van der Waals surface area contributed by atoms with Crippen molar-refractivity contribution in [2.75, 3.05) is 25.4 Å². The maximum atomic E-state index is 13.2. The van der Waals surface area contributed by atoms with E-state index in [1.807, 2.05) is 6.92 Å². The Balaban J connectivity index is 1.40. The van der Waals surface area contributed by atoms with Crippen molar-refractivity contribution in [3.63, 3.8) is 0 Å². The van der Waals surface area contributed by atoms with E-state index in [-0.39, 0.29) is 46.6 Å². The van der Waals surface area contributed by atoms with Crippen LogP contribution in [0, 0.1) is 11.3 Å². The van der Waals surface area contributed by atoms with Crippen molar-refractivity contribution in [1.29, 1.82) is 0 Å². The molecule has 1 saturated heterocycles. The molecule has 1 heterocycles. The second kappa shape index (κ2) is 8.78. The van der Waals surface area contributed by atoms with Gasteiger partial charge in [0.2, 0.25) is 5.91 Å². The van der Waals surface area contributed by atoms with E-state index in [1.54, 1.807) is 24.3 Å². The van der Waals surface area contributed by atoms with Crippen molar-refractivity contribution in [3.8, 4) is 5.75 Å². The molecule has 0 aromatic heterocycles. The zero-order chi connectivity index (χ0) is 23.0. The molecular weight excluding hydrogens is 431 g/mol.